The van der Waals surface area contributed by atoms with Crippen LogP contribution in [0.15, 0.2) is 5.38 Å². The maximum Gasteiger partial charge on any atom is 0.123 e. The summed E-state index contributed by atoms with van der Waals surface area (Å²) in [6.45, 7) is 4.76. The van der Waals surface area contributed by atoms with Crippen LogP contribution in [0, 0.1) is 0 Å². The predicted molar refractivity (Wildman–Crippen MR) is 69.0 cm³/mol. The van der Waals surface area contributed by atoms with Crippen LogP contribution in [-0.2, 0) is 11.2 Å². The average Bonchev–Trinajstić information content (AvgIpc) is 2.76. The Balaban J connectivity index is 1.81. The Hall–Kier alpha value is -0.560. The number of hydrogen-bond donors (Lipinski definition) is 1. The maximum absolute atomic E-state index is 5.51. The van der Waals surface area contributed by atoms with Gasteiger partial charge in [0.1, 0.15) is 10.7 Å². The Kier molecular flexibility index (Phi) is 4.22. The Bertz CT molecular complexity index is 361. The molecule has 1 aromatic rings. The molecule has 16 heavy (non-hydrogen) atoms. The highest BCUT2D eigenvalue weighted by atomic mass is 32.1. The van der Waals surface area contributed by atoms with Crippen molar-refractivity contribution in [3.8, 4) is 0 Å². The quantitative estimate of drug-likeness (QED) is 0.803. The fourth-order valence-electron chi connectivity index (χ4n) is 1.62. The number of thiocarbonyl (C=S) groups is 1. The molecule has 2 N–H and O–H groups in total. The fraction of sp³-hybridized carbons (Fsp3) is 0.600. The van der Waals surface area contributed by atoms with Crippen molar-refractivity contribution < 1.29 is 4.74 Å². The molecule has 0 aromatic carbocycles. The maximum atomic E-state index is 5.51. The third-order valence-electron chi connectivity index (χ3n) is 2.55. The van der Waals surface area contributed by atoms with E-state index in [0.29, 0.717) is 4.99 Å². The molecule has 88 valence electrons. The summed E-state index contributed by atoms with van der Waals surface area (Å²) in [5.74, 6) is 0. The number of nitrogens with two attached hydrogens (primary N) is 1. The second-order valence-electron chi connectivity index (χ2n) is 3.69. The van der Waals surface area contributed by atoms with Crippen molar-refractivity contribution in [3.05, 3.63) is 16.1 Å². The van der Waals surface area contributed by atoms with Gasteiger partial charge in [0, 0.05) is 31.4 Å². The Labute approximate surface area is 104 Å². The fourth-order valence-corrected chi connectivity index (χ4v) is 2.58. The smallest absolute Gasteiger partial charge is 0.123 e. The topological polar surface area (TPSA) is 51.4 Å². The van der Waals surface area contributed by atoms with E-state index >= 15 is 0 Å². The Morgan fingerprint density at radius 1 is 1.56 bits per heavy atom. The van der Waals surface area contributed by atoms with Crippen LogP contribution in [0.2, 0.25) is 0 Å². The molecule has 4 nitrogen and oxygen atoms in total. The summed E-state index contributed by atoms with van der Waals surface area (Å²) in [6.07, 6.45) is 0.966. The third-order valence-corrected chi connectivity index (χ3v) is 3.67. The summed E-state index contributed by atoms with van der Waals surface area (Å²) in [6, 6.07) is 0. The van der Waals surface area contributed by atoms with E-state index in [1.165, 1.54) is 0 Å². The lowest BCUT2D eigenvalue weighted by Gasteiger charge is -2.25. The van der Waals surface area contributed by atoms with Crippen molar-refractivity contribution in [1.82, 2.24) is 9.88 Å². The van der Waals surface area contributed by atoms with Gasteiger partial charge in [0.15, 0.2) is 0 Å². The van der Waals surface area contributed by atoms with E-state index in [-0.39, 0.29) is 0 Å². The third kappa shape index (κ3) is 3.21. The first kappa shape index (κ1) is 11.9. The van der Waals surface area contributed by atoms with E-state index in [1.807, 2.05) is 5.38 Å². The van der Waals surface area contributed by atoms with Crippen LogP contribution >= 0.6 is 23.6 Å². The van der Waals surface area contributed by atoms with Crippen LogP contribution in [0.4, 0.5) is 0 Å². The number of rotatable bonds is 4. The minimum absolute atomic E-state index is 0.383. The van der Waals surface area contributed by atoms with E-state index in [2.05, 4.69) is 9.88 Å². The zero-order chi connectivity index (χ0) is 11.4. The van der Waals surface area contributed by atoms with E-state index in [9.17, 15) is 0 Å². The van der Waals surface area contributed by atoms with Gasteiger partial charge in [-0.3, -0.25) is 4.90 Å². The van der Waals surface area contributed by atoms with Crippen molar-refractivity contribution in [2.75, 3.05) is 32.8 Å². The Morgan fingerprint density at radius 3 is 2.94 bits per heavy atom. The van der Waals surface area contributed by atoms with Gasteiger partial charge in [-0.25, -0.2) is 4.98 Å². The average molecular weight is 257 g/mol. The summed E-state index contributed by atoms with van der Waals surface area (Å²) in [4.78, 5) is 7.17. The predicted octanol–water partition coefficient (Wildman–Crippen LogP) is 0.652. The van der Waals surface area contributed by atoms with Gasteiger partial charge in [0.25, 0.3) is 0 Å². The first-order chi connectivity index (χ1) is 7.75. The van der Waals surface area contributed by atoms with Gasteiger partial charge in [-0.05, 0) is 0 Å². The number of thiazole rings is 1. The summed E-state index contributed by atoms with van der Waals surface area (Å²) in [5, 5.41) is 3.03. The van der Waals surface area contributed by atoms with Crippen LogP contribution < -0.4 is 5.73 Å². The molecule has 6 heteroatoms. The summed E-state index contributed by atoms with van der Waals surface area (Å²) in [5.41, 5.74) is 6.26. The lowest BCUT2D eigenvalue weighted by atomic mass is 10.3. The van der Waals surface area contributed by atoms with Gasteiger partial charge in [-0.15, -0.1) is 11.3 Å². The van der Waals surface area contributed by atoms with Crippen LogP contribution in [0.1, 0.15) is 10.7 Å². The molecule has 0 aliphatic carbocycles. The highest BCUT2D eigenvalue weighted by Crippen LogP contribution is 2.11. The number of hydrogen-bond acceptors (Lipinski definition) is 5. The lowest BCUT2D eigenvalue weighted by molar-refractivity contribution is 0.0384. The Morgan fingerprint density at radius 2 is 2.31 bits per heavy atom. The highest BCUT2D eigenvalue weighted by Gasteiger charge is 2.11. The lowest BCUT2D eigenvalue weighted by Crippen LogP contribution is -2.37. The van der Waals surface area contributed by atoms with E-state index in [4.69, 9.17) is 22.7 Å². The van der Waals surface area contributed by atoms with Crippen molar-refractivity contribution in [1.29, 1.82) is 0 Å². The molecular weight excluding hydrogens is 242 g/mol. The van der Waals surface area contributed by atoms with Gasteiger partial charge in [-0.2, -0.15) is 0 Å². The van der Waals surface area contributed by atoms with Gasteiger partial charge < -0.3 is 10.5 Å². The molecule has 0 unspecified atom stereocenters. The van der Waals surface area contributed by atoms with E-state index in [1.54, 1.807) is 11.3 Å². The first-order valence-corrected chi connectivity index (χ1v) is 6.59. The van der Waals surface area contributed by atoms with Gasteiger partial charge >= 0.3 is 0 Å². The number of morpholine rings is 1. The highest BCUT2D eigenvalue weighted by molar-refractivity contribution is 7.80. The number of ether oxygens (including phenoxy) is 1. The monoisotopic (exact) mass is 257 g/mol. The molecular formula is C10H15N3OS2. The standard InChI is InChI=1S/C10H15N3OS2/c11-10(15)8-7-16-9(12-8)1-2-13-3-5-14-6-4-13/h7H,1-6H2,(H2,11,15). The normalized spacial score (nSPS) is 17.5. The van der Waals surface area contributed by atoms with Crippen molar-refractivity contribution in [3.63, 3.8) is 0 Å². The number of aromatic nitrogens is 1. The molecule has 2 rings (SSSR count). The largest absolute Gasteiger partial charge is 0.388 e. The van der Waals surface area contributed by atoms with Crippen LogP contribution in [-0.4, -0.2) is 47.7 Å². The molecule has 1 aromatic heterocycles. The van der Waals surface area contributed by atoms with Gasteiger partial charge in [0.2, 0.25) is 0 Å². The van der Waals surface area contributed by atoms with Gasteiger partial charge in [-0.1, -0.05) is 12.2 Å². The summed E-state index contributed by atoms with van der Waals surface area (Å²) in [7, 11) is 0. The molecule has 1 aliphatic rings. The molecule has 0 atom stereocenters. The van der Waals surface area contributed by atoms with Crippen LogP contribution in [0.5, 0.6) is 0 Å². The minimum atomic E-state index is 0.383. The minimum Gasteiger partial charge on any atom is -0.388 e. The van der Waals surface area contributed by atoms with Crippen molar-refractivity contribution in [2.24, 2.45) is 5.73 Å². The second-order valence-corrected chi connectivity index (χ2v) is 5.08. The molecule has 0 bridgehead atoms. The molecule has 1 aliphatic heterocycles. The molecule has 1 saturated heterocycles. The van der Waals surface area contributed by atoms with E-state index in [0.717, 1.165) is 50.0 Å². The van der Waals surface area contributed by atoms with Crippen LogP contribution in [0.3, 0.4) is 0 Å². The van der Waals surface area contributed by atoms with Crippen LogP contribution in [0.25, 0.3) is 0 Å². The molecule has 2 heterocycles. The molecule has 0 radical (unpaired) electrons. The van der Waals surface area contributed by atoms with Crippen molar-refractivity contribution >= 4 is 28.5 Å². The van der Waals surface area contributed by atoms with E-state index < -0.39 is 0 Å². The zero-order valence-electron chi connectivity index (χ0n) is 9.02. The summed E-state index contributed by atoms with van der Waals surface area (Å²) < 4.78 is 5.30. The number of nitrogens with zero attached hydrogens (tertiary/aromatic N) is 2. The SMILES string of the molecule is NC(=S)c1csc(CCN2CCOCC2)n1. The molecule has 0 spiro atoms. The zero-order valence-corrected chi connectivity index (χ0v) is 10.6. The second kappa shape index (κ2) is 5.67. The molecule has 0 amide bonds. The molecule has 0 saturated carbocycles. The van der Waals surface area contributed by atoms with Crippen molar-refractivity contribution in [2.45, 2.75) is 6.42 Å². The summed E-state index contributed by atoms with van der Waals surface area (Å²) >= 11 is 6.51. The first-order valence-electron chi connectivity index (χ1n) is 5.30. The molecule has 1 fully saturated rings. The van der Waals surface area contributed by atoms with Gasteiger partial charge in [0.05, 0.1) is 18.2 Å².